The first-order valence-corrected chi connectivity index (χ1v) is 9.86. The van der Waals surface area contributed by atoms with Crippen molar-refractivity contribution in [3.8, 4) is 6.07 Å². The third kappa shape index (κ3) is 6.81. The minimum Gasteiger partial charge on any atom is -0.299 e. The number of halogens is 1. The molecule has 3 rings (SSSR count). The molecule has 1 fully saturated rings. The number of hydrogen-bond donors (Lipinski definition) is 0. The Balaban J connectivity index is 0.000000817. The third-order valence-corrected chi connectivity index (χ3v) is 5.26. The molecular formula is C24H31FN2. The van der Waals surface area contributed by atoms with Crippen LogP contribution in [0.1, 0.15) is 55.7 Å². The van der Waals surface area contributed by atoms with Gasteiger partial charge in [-0.1, -0.05) is 61.5 Å². The molecule has 1 saturated carbocycles. The van der Waals surface area contributed by atoms with E-state index in [1.807, 2.05) is 0 Å². The van der Waals surface area contributed by atoms with Crippen LogP contribution >= 0.6 is 0 Å². The van der Waals surface area contributed by atoms with E-state index in [-0.39, 0.29) is 5.92 Å². The maximum atomic E-state index is 13.1. The molecule has 0 spiro atoms. The summed E-state index contributed by atoms with van der Waals surface area (Å²) >= 11 is 0. The summed E-state index contributed by atoms with van der Waals surface area (Å²) in [6.45, 7) is 4.70. The Morgan fingerprint density at radius 1 is 1.11 bits per heavy atom. The van der Waals surface area contributed by atoms with Gasteiger partial charge in [0, 0.05) is 25.4 Å². The fraction of sp³-hybridized carbons (Fsp3) is 0.458. The SMILES string of the molecule is CC#N.CCC(CCc1ccc(C2CC2F)cc1)N(C)Cc1ccccc1. The molecule has 0 radical (unpaired) electrons. The Hall–Kier alpha value is -2.18. The zero-order valence-corrected chi connectivity index (χ0v) is 16.7. The molecule has 0 saturated heterocycles. The molecule has 3 unspecified atom stereocenters. The molecule has 0 aromatic heterocycles. The highest BCUT2D eigenvalue weighted by Crippen LogP contribution is 2.43. The van der Waals surface area contributed by atoms with Gasteiger partial charge in [0.15, 0.2) is 0 Å². The highest BCUT2D eigenvalue weighted by atomic mass is 19.1. The largest absolute Gasteiger partial charge is 0.299 e. The van der Waals surface area contributed by atoms with Crippen molar-refractivity contribution in [1.29, 1.82) is 5.26 Å². The van der Waals surface area contributed by atoms with E-state index in [0.29, 0.717) is 12.5 Å². The summed E-state index contributed by atoms with van der Waals surface area (Å²) in [6.07, 6.45) is 3.51. The van der Waals surface area contributed by atoms with Crippen molar-refractivity contribution in [3.63, 3.8) is 0 Å². The van der Waals surface area contributed by atoms with E-state index in [2.05, 4.69) is 73.5 Å². The number of nitriles is 1. The van der Waals surface area contributed by atoms with Crippen molar-refractivity contribution in [2.24, 2.45) is 0 Å². The summed E-state index contributed by atoms with van der Waals surface area (Å²) in [4.78, 5) is 2.46. The van der Waals surface area contributed by atoms with Gasteiger partial charge in [-0.25, -0.2) is 4.39 Å². The molecule has 2 aromatic carbocycles. The predicted octanol–water partition coefficient (Wildman–Crippen LogP) is 5.89. The van der Waals surface area contributed by atoms with Crippen LogP contribution in [0.15, 0.2) is 54.6 Å². The molecule has 1 aliphatic carbocycles. The van der Waals surface area contributed by atoms with E-state index in [9.17, 15) is 4.39 Å². The Morgan fingerprint density at radius 3 is 2.22 bits per heavy atom. The Bertz CT molecular complexity index is 705. The molecule has 1 aliphatic rings. The number of nitrogens with zero attached hydrogens (tertiary/aromatic N) is 2. The van der Waals surface area contributed by atoms with Crippen LogP contribution < -0.4 is 0 Å². The van der Waals surface area contributed by atoms with Gasteiger partial charge in [0.05, 0.1) is 6.07 Å². The maximum absolute atomic E-state index is 13.1. The third-order valence-electron chi connectivity index (χ3n) is 5.26. The second-order valence-electron chi connectivity index (χ2n) is 7.32. The maximum Gasteiger partial charge on any atom is 0.108 e. The standard InChI is InChI=1S/C22H28FN.C2H3N/c1-3-20(24(2)16-18-7-5-4-6-8-18)14-11-17-9-12-19(13-10-17)21-15-22(21)23;1-2-3/h4-10,12-13,20-22H,3,11,14-16H2,1-2H3;1H3. The molecular weight excluding hydrogens is 335 g/mol. The number of benzene rings is 2. The number of alkyl halides is 1. The van der Waals surface area contributed by atoms with Crippen molar-refractivity contribution in [3.05, 3.63) is 71.3 Å². The van der Waals surface area contributed by atoms with Gasteiger partial charge in [-0.2, -0.15) is 5.26 Å². The minimum absolute atomic E-state index is 0.166. The topological polar surface area (TPSA) is 27.0 Å². The number of rotatable bonds is 8. The molecule has 2 aromatic rings. The van der Waals surface area contributed by atoms with Gasteiger partial charge >= 0.3 is 0 Å². The smallest absolute Gasteiger partial charge is 0.108 e. The summed E-state index contributed by atoms with van der Waals surface area (Å²) in [7, 11) is 2.22. The lowest BCUT2D eigenvalue weighted by molar-refractivity contribution is 0.216. The highest BCUT2D eigenvalue weighted by Gasteiger charge is 2.38. The van der Waals surface area contributed by atoms with Gasteiger partial charge < -0.3 is 0 Å². The zero-order valence-electron chi connectivity index (χ0n) is 16.7. The second-order valence-corrected chi connectivity index (χ2v) is 7.32. The summed E-state index contributed by atoms with van der Waals surface area (Å²) in [5.74, 6) is 0.166. The molecule has 144 valence electrons. The van der Waals surface area contributed by atoms with Crippen molar-refractivity contribution < 1.29 is 4.39 Å². The number of aryl methyl sites for hydroxylation is 1. The average molecular weight is 367 g/mol. The van der Waals surface area contributed by atoms with Gasteiger partial charge in [0.2, 0.25) is 0 Å². The van der Waals surface area contributed by atoms with E-state index in [1.54, 1.807) is 6.07 Å². The van der Waals surface area contributed by atoms with Crippen LogP contribution in [-0.4, -0.2) is 24.2 Å². The molecule has 0 bridgehead atoms. The van der Waals surface area contributed by atoms with Crippen LogP contribution in [0.4, 0.5) is 4.39 Å². The molecule has 0 N–H and O–H groups in total. The Morgan fingerprint density at radius 2 is 1.70 bits per heavy atom. The van der Waals surface area contributed by atoms with Gasteiger partial charge in [-0.05, 0) is 49.4 Å². The molecule has 0 aliphatic heterocycles. The summed E-state index contributed by atoms with van der Waals surface area (Å²) < 4.78 is 13.1. The highest BCUT2D eigenvalue weighted by molar-refractivity contribution is 5.30. The summed E-state index contributed by atoms with van der Waals surface area (Å²) in [5.41, 5.74) is 3.90. The molecule has 3 heteroatoms. The van der Waals surface area contributed by atoms with Crippen LogP contribution in [0.5, 0.6) is 0 Å². The van der Waals surface area contributed by atoms with Crippen LogP contribution in [0.2, 0.25) is 0 Å². The zero-order chi connectivity index (χ0) is 19.6. The molecule has 0 heterocycles. The monoisotopic (exact) mass is 366 g/mol. The lowest BCUT2D eigenvalue weighted by Crippen LogP contribution is -2.31. The Labute approximate surface area is 163 Å². The summed E-state index contributed by atoms with van der Waals surface area (Å²) in [5, 5.41) is 7.32. The predicted molar refractivity (Wildman–Crippen MR) is 110 cm³/mol. The van der Waals surface area contributed by atoms with Gasteiger partial charge in [0.1, 0.15) is 6.17 Å². The van der Waals surface area contributed by atoms with Crippen molar-refractivity contribution >= 4 is 0 Å². The van der Waals surface area contributed by atoms with Crippen LogP contribution in [-0.2, 0) is 13.0 Å². The molecule has 27 heavy (non-hydrogen) atoms. The van der Waals surface area contributed by atoms with Crippen molar-refractivity contribution in [2.75, 3.05) is 7.05 Å². The van der Waals surface area contributed by atoms with Gasteiger partial charge in [-0.15, -0.1) is 0 Å². The lowest BCUT2D eigenvalue weighted by atomic mass is 10.00. The fourth-order valence-corrected chi connectivity index (χ4v) is 3.51. The van der Waals surface area contributed by atoms with Crippen LogP contribution in [0.25, 0.3) is 0 Å². The van der Waals surface area contributed by atoms with E-state index >= 15 is 0 Å². The van der Waals surface area contributed by atoms with Gasteiger partial charge in [-0.3, -0.25) is 4.90 Å². The molecule has 2 nitrogen and oxygen atoms in total. The van der Waals surface area contributed by atoms with Crippen molar-refractivity contribution in [1.82, 2.24) is 4.90 Å². The second kappa shape index (κ2) is 10.8. The Kier molecular flexibility index (Phi) is 8.48. The van der Waals surface area contributed by atoms with Crippen LogP contribution in [0.3, 0.4) is 0 Å². The van der Waals surface area contributed by atoms with E-state index < -0.39 is 6.17 Å². The fourth-order valence-electron chi connectivity index (χ4n) is 3.51. The van der Waals surface area contributed by atoms with E-state index in [4.69, 9.17) is 5.26 Å². The molecule has 3 atom stereocenters. The first-order chi connectivity index (χ1) is 13.1. The first-order valence-electron chi connectivity index (χ1n) is 9.86. The van der Waals surface area contributed by atoms with E-state index in [1.165, 1.54) is 23.6 Å². The summed E-state index contributed by atoms with van der Waals surface area (Å²) in [6, 6.07) is 21.6. The average Bonchev–Trinajstić information content (AvgIpc) is 3.41. The lowest BCUT2D eigenvalue weighted by Gasteiger charge is -2.27. The minimum atomic E-state index is -0.605. The van der Waals surface area contributed by atoms with E-state index in [0.717, 1.165) is 25.8 Å². The quantitative estimate of drug-likeness (QED) is 0.583. The van der Waals surface area contributed by atoms with Crippen molar-refractivity contribution in [2.45, 2.75) is 64.2 Å². The van der Waals surface area contributed by atoms with Gasteiger partial charge in [0.25, 0.3) is 0 Å². The molecule has 0 amide bonds. The number of hydrogen-bond acceptors (Lipinski definition) is 2. The first kappa shape index (κ1) is 21.1. The normalized spacial score (nSPS) is 19.0. The van der Waals surface area contributed by atoms with Crippen LogP contribution in [0, 0.1) is 11.3 Å².